The molecule has 6 aliphatic rings. The zero-order valence-corrected chi connectivity index (χ0v) is 27.3. The number of carboxylic acid groups (broad SMARTS) is 1. The molecule has 6 saturated carbocycles. The Hall–Kier alpha value is -1.30. The first-order valence-corrected chi connectivity index (χ1v) is 18.0. The Morgan fingerprint density at radius 3 is 1.57 bits per heavy atom. The average molecular weight is 589 g/mol. The highest BCUT2D eigenvalue weighted by Gasteiger charge is 2.39. The molecule has 6 aliphatic carbocycles. The lowest BCUT2D eigenvalue weighted by atomic mass is 9.77. The van der Waals surface area contributed by atoms with E-state index in [0.717, 1.165) is 54.5 Å². The number of amides is 1. The maximum atomic E-state index is 11.6. The van der Waals surface area contributed by atoms with Crippen LogP contribution in [-0.2, 0) is 9.53 Å². The molecular formula is C36H64N2O4. The van der Waals surface area contributed by atoms with E-state index in [0.29, 0.717) is 18.3 Å². The minimum atomic E-state index is -0.601. The van der Waals surface area contributed by atoms with Gasteiger partial charge in [0.05, 0.1) is 0 Å². The van der Waals surface area contributed by atoms with Crippen molar-refractivity contribution >= 4 is 12.1 Å². The van der Waals surface area contributed by atoms with Crippen molar-refractivity contribution in [3.8, 4) is 0 Å². The van der Waals surface area contributed by atoms with E-state index in [4.69, 9.17) is 15.6 Å². The Morgan fingerprint density at radius 1 is 0.667 bits per heavy atom. The van der Waals surface area contributed by atoms with Crippen LogP contribution in [0.5, 0.6) is 0 Å². The highest BCUT2D eigenvalue weighted by Crippen LogP contribution is 2.48. The summed E-state index contributed by atoms with van der Waals surface area (Å²) in [6.07, 6.45) is 25.0. The van der Waals surface area contributed by atoms with Crippen LogP contribution in [0.25, 0.3) is 0 Å². The molecule has 6 nitrogen and oxygen atoms in total. The molecule has 0 radical (unpaired) electrons. The summed E-state index contributed by atoms with van der Waals surface area (Å²) in [6.45, 7) is 7.45. The number of carboxylic acids is 1. The monoisotopic (exact) mass is 588 g/mol. The highest BCUT2D eigenvalue weighted by atomic mass is 16.6. The van der Waals surface area contributed by atoms with Crippen LogP contribution in [0.4, 0.5) is 4.79 Å². The number of nitrogens with two attached hydrogens (primary N) is 1. The van der Waals surface area contributed by atoms with Crippen molar-refractivity contribution in [2.75, 3.05) is 13.1 Å². The summed E-state index contributed by atoms with van der Waals surface area (Å²) in [5.74, 6) is 6.98. The lowest BCUT2D eigenvalue weighted by molar-refractivity contribution is -0.138. The van der Waals surface area contributed by atoms with Gasteiger partial charge in [-0.05, 0) is 138 Å². The molecule has 0 heterocycles. The molecule has 6 fully saturated rings. The number of aliphatic carboxylic acids is 1. The van der Waals surface area contributed by atoms with E-state index in [1.165, 1.54) is 116 Å². The Balaban J connectivity index is 0.000000150. The van der Waals surface area contributed by atoms with Gasteiger partial charge in [-0.15, -0.1) is 0 Å². The molecule has 6 rings (SSSR count). The average Bonchev–Trinajstić information content (AvgIpc) is 3.68. The molecule has 9 atom stereocenters. The van der Waals surface area contributed by atoms with E-state index >= 15 is 0 Å². The van der Waals surface area contributed by atoms with Gasteiger partial charge in [0.25, 0.3) is 0 Å². The highest BCUT2D eigenvalue weighted by molar-refractivity contribution is 5.67. The minimum absolute atomic E-state index is 0.262. The SMILES string of the molecule is CC(C)(C)OC(=O)NCC1CCC2CCCCC21.NCC1CCC2CCCCC12.O=C(O)CC1CCC2CCCCC21. The number of nitrogens with one attached hydrogen (secondary N) is 1. The van der Waals surface area contributed by atoms with Crippen LogP contribution < -0.4 is 11.1 Å². The molecule has 42 heavy (non-hydrogen) atoms. The Labute approximate surface area is 257 Å². The van der Waals surface area contributed by atoms with Gasteiger partial charge < -0.3 is 20.9 Å². The minimum Gasteiger partial charge on any atom is -0.481 e. The van der Waals surface area contributed by atoms with Crippen molar-refractivity contribution in [2.24, 2.45) is 59.0 Å². The van der Waals surface area contributed by atoms with Gasteiger partial charge in [-0.2, -0.15) is 0 Å². The van der Waals surface area contributed by atoms with Crippen molar-refractivity contribution < 1.29 is 19.4 Å². The predicted molar refractivity (Wildman–Crippen MR) is 170 cm³/mol. The van der Waals surface area contributed by atoms with Gasteiger partial charge in [-0.3, -0.25) is 4.79 Å². The molecule has 0 aromatic heterocycles. The molecule has 1 amide bonds. The lowest BCUT2D eigenvalue weighted by Gasteiger charge is -2.29. The summed E-state index contributed by atoms with van der Waals surface area (Å²) in [7, 11) is 0. The summed E-state index contributed by atoms with van der Waals surface area (Å²) in [5.41, 5.74) is 5.35. The number of carbonyl (C=O) groups is 2. The fourth-order valence-electron chi connectivity index (χ4n) is 10.1. The van der Waals surface area contributed by atoms with Gasteiger partial charge >= 0.3 is 12.1 Å². The zero-order chi connectivity index (χ0) is 30.1. The van der Waals surface area contributed by atoms with Crippen LogP contribution in [0, 0.1) is 53.3 Å². The Kier molecular flexibility index (Phi) is 12.9. The summed E-state index contributed by atoms with van der Waals surface area (Å²) < 4.78 is 5.28. The van der Waals surface area contributed by atoms with Gasteiger partial charge in [0.1, 0.15) is 5.60 Å². The molecule has 4 N–H and O–H groups in total. The number of ether oxygens (including phenoxy) is 1. The van der Waals surface area contributed by atoms with Crippen molar-refractivity contribution in [3.63, 3.8) is 0 Å². The van der Waals surface area contributed by atoms with Crippen LogP contribution in [0.2, 0.25) is 0 Å². The smallest absolute Gasteiger partial charge is 0.407 e. The summed E-state index contributed by atoms with van der Waals surface area (Å²) in [4.78, 5) is 22.3. The number of rotatable bonds is 5. The second kappa shape index (κ2) is 16.1. The van der Waals surface area contributed by atoms with Crippen LogP contribution in [0.15, 0.2) is 0 Å². The van der Waals surface area contributed by atoms with Gasteiger partial charge in [0.15, 0.2) is 0 Å². The van der Waals surface area contributed by atoms with E-state index in [2.05, 4.69) is 5.32 Å². The largest absolute Gasteiger partial charge is 0.481 e. The number of carbonyl (C=O) groups excluding carboxylic acids is 1. The molecule has 6 heteroatoms. The fourth-order valence-corrected chi connectivity index (χ4v) is 10.1. The summed E-state index contributed by atoms with van der Waals surface area (Å²) in [5, 5.41) is 11.7. The quantitative estimate of drug-likeness (QED) is 0.299. The maximum absolute atomic E-state index is 11.6. The zero-order valence-electron chi connectivity index (χ0n) is 27.3. The standard InChI is InChI=1S/C15H27NO2.C11H18O2.C10H19N/c1-15(2,3)18-14(17)16-10-12-9-8-11-6-4-5-7-13(11)12;12-11(13)7-9-6-5-8-3-1-2-4-10(8)9;11-7-9-6-5-8-3-1-2-4-10(8)9/h11-13H,4-10H2,1-3H3,(H,16,17);8-10H,1-7H2,(H,12,13);8-10H,1-7,11H2. The molecule has 0 saturated heterocycles. The van der Waals surface area contributed by atoms with E-state index in [1.807, 2.05) is 20.8 Å². The van der Waals surface area contributed by atoms with Crippen molar-refractivity contribution in [1.82, 2.24) is 5.32 Å². The molecule has 0 aliphatic heterocycles. The Bertz CT molecular complexity index is 835. The molecule has 0 bridgehead atoms. The summed E-state index contributed by atoms with van der Waals surface area (Å²) in [6, 6.07) is 0. The fraction of sp³-hybridized carbons (Fsp3) is 0.944. The van der Waals surface area contributed by atoms with E-state index < -0.39 is 11.6 Å². The molecule has 0 aromatic rings. The second-order valence-corrected chi connectivity index (χ2v) is 15.9. The van der Waals surface area contributed by atoms with E-state index in [-0.39, 0.29) is 6.09 Å². The first-order chi connectivity index (χ1) is 20.1. The predicted octanol–water partition coefficient (Wildman–Crippen LogP) is 8.57. The first-order valence-electron chi connectivity index (χ1n) is 18.0. The molecule has 0 spiro atoms. The third kappa shape index (κ3) is 9.86. The number of fused-ring (bicyclic) bond motifs is 3. The molecule has 9 unspecified atom stereocenters. The number of hydrogen-bond acceptors (Lipinski definition) is 4. The van der Waals surface area contributed by atoms with Crippen molar-refractivity contribution in [1.29, 1.82) is 0 Å². The third-order valence-electron chi connectivity index (χ3n) is 12.1. The van der Waals surface area contributed by atoms with Gasteiger partial charge in [-0.25, -0.2) is 4.79 Å². The molecular weight excluding hydrogens is 524 g/mol. The second-order valence-electron chi connectivity index (χ2n) is 15.9. The maximum Gasteiger partial charge on any atom is 0.407 e. The van der Waals surface area contributed by atoms with Crippen LogP contribution in [0.1, 0.15) is 143 Å². The van der Waals surface area contributed by atoms with Crippen LogP contribution >= 0.6 is 0 Å². The summed E-state index contributed by atoms with van der Waals surface area (Å²) >= 11 is 0. The number of alkyl carbamates (subject to hydrolysis) is 1. The van der Waals surface area contributed by atoms with Gasteiger partial charge in [0, 0.05) is 13.0 Å². The van der Waals surface area contributed by atoms with Gasteiger partial charge in [-0.1, -0.05) is 57.8 Å². The van der Waals surface area contributed by atoms with Crippen LogP contribution in [-0.4, -0.2) is 35.9 Å². The van der Waals surface area contributed by atoms with Crippen molar-refractivity contribution in [2.45, 2.75) is 148 Å². The Morgan fingerprint density at radius 2 is 1.10 bits per heavy atom. The van der Waals surface area contributed by atoms with Crippen molar-refractivity contribution in [3.05, 3.63) is 0 Å². The lowest BCUT2D eigenvalue weighted by Crippen LogP contribution is -2.36. The topological polar surface area (TPSA) is 102 Å². The first kappa shape index (κ1) is 33.6. The molecule has 0 aromatic carbocycles. The van der Waals surface area contributed by atoms with Gasteiger partial charge in [0.2, 0.25) is 0 Å². The van der Waals surface area contributed by atoms with E-state index in [9.17, 15) is 9.59 Å². The number of hydrogen-bond donors (Lipinski definition) is 3. The van der Waals surface area contributed by atoms with E-state index in [1.54, 1.807) is 0 Å². The van der Waals surface area contributed by atoms with Crippen LogP contribution in [0.3, 0.4) is 0 Å². The third-order valence-corrected chi connectivity index (χ3v) is 12.1. The normalized spacial score (nSPS) is 37.1. The molecule has 242 valence electrons.